The molecular weight excluding hydrogens is 270 g/mol. The molecule has 0 unspecified atom stereocenters. The Morgan fingerprint density at radius 3 is 2.62 bits per heavy atom. The first-order chi connectivity index (χ1) is 9.85. The van der Waals surface area contributed by atoms with Gasteiger partial charge >= 0.3 is 6.09 Å². The number of nitrogens with zero attached hydrogens (tertiary/aromatic N) is 2. The molecule has 0 spiro atoms. The fourth-order valence-corrected chi connectivity index (χ4v) is 2.90. The number of H-pyrrole nitrogens is 1. The number of hydrogen-bond acceptors (Lipinski definition) is 3. The van der Waals surface area contributed by atoms with Gasteiger partial charge in [-0.1, -0.05) is 0 Å². The van der Waals surface area contributed by atoms with Gasteiger partial charge in [0.2, 0.25) is 0 Å². The van der Waals surface area contributed by atoms with Crippen LogP contribution in [0.1, 0.15) is 57.3 Å². The van der Waals surface area contributed by atoms with Gasteiger partial charge in [0.15, 0.2) is 0 Å². The zero-order valence-electron chi connectivity index (χ0n) is 12.9. The predicted molar refractivity (Wildman–Crippen MR) is 78.3 cm³/mol. The highest BCUT2D eigenvalue weighted by molar-refractivity contribution is 5.68. The number of aromatic amines is 1. The lowest BCUT2D eigenvalue weighted by atomic mass is 9.93. The van der Waals surface area contributed by atoms with E-state index in [1.807, 2.05) is 25.5 Å². The second kappa shape index (κ2) is 4.93. The topological polar surface area (TPSA) is 67.3 Å². The molecule has 1 aromatic rings. The first-order valence-corrected chi connectivity index (χ1v) is 7.65. The number of rotatable bonds is 1. The molecule has 0 aromatic carbocycles. The van der Waals surface area contributed by atoms with Gasteiger partial charge in [0, 0.05) is 12.1 Å². The highest BCUT2D eigenvalue weighted by atomic mass is 16.6. The molecule has 2 heterocycles. The fourth-order valence-electron chi connectivity index (χ4n) is 2.90. The minimum atomic E-state index is -0.497. The van der Waals surface area contributed by atoms with Gasteiger partial charge in [-0.15, -0.1) is 0 Å². The van der Waals surface area contributed by atoms with Gasteiger partial charge in [0.1, 0.15) is 5.60 Å². The summed E-state index contributed by atoms with van der Waals surface area (Å²) in [6.45, 7) is 6.59. The third-order valence-corrected chi connectivity index (χ3v) is 4.20. The van der Waals surface area contributed by atoms with Crippen LogP contribution in [0.2, 0.25) is 0 Å². The second-order valence-corrected chi connectivity index (χ2v) is 6.97. The predicted octanol–water partition coefficient (Wildman–Crippen LogP) is 2.19. The van der Waals surface area contributed by atoms with E-state index >= 15 is 0 Å². The van der Waals surface area contributed by atoms with E-state index in [-0.39, 0.29) is 11.7 Å². The van der Waals surface area contributed by atoms with Crippen molar-refractivity contribution >= 4 is 6.09 Å². The molecule has 6 nitrogen and oxygen atoms in total. The van der Waals surface area contributed by atoms with Crippen LogP contribution in [0.5, 0.6) is 0 Å². The molecule has 1 amide bonds. The maximum absolute atomic E-state index is 12.2. The highest BCUT2D eigenvalue weighted by Gasteiger charge is 2.32. The number of nitrogens with one attached hydrogen (secondary N) is 1. The highest BCUT2D eigenvalue weighted by Crippen LogP contribution is 2.33. The molecule has 1 aromatic heterocycles. The normalized spacial score (nSPS) is 19.1. The lowest BCUT2D eigenvalue weighted by molar-refractivity contribution is 0.0216. The lowest BCUT2D eigenvalue weighted by Crippen LogP contribution is -2.41. The zero-order chi connectivity index (χ0) is 15.2. The molecule has 3 rings (SSSR count). The number of carbonyl (C=O) groups is 1. The fraction of sp³-hybridized carbons (Fsp3) is 0.733. The van der Waals surface area contributed by atoms with E-state index < -0.39 is 5.60 Å². The van der Waals surface area contributed by atoms with Crippen LogP contribution >= 0.6 is 0 Å². The van der Waals surface area contributed by atoms with E-state index in [0.717, 1.165) is 24.1 Å². The summed E-state index contributed by atoms with van der Waals surface area (Å²) in [5.74, 6) is 0. The van der Waals surface area contributed by atoms with Crippen molar-refractivity contribution in [3.05, 3.63) is 21.6 Å². The standard InChI is InChI=1S/C15H23N3O3/c1-15(2,3)21-14(20)17-8-7-11-12(9-17)18(16-13(11)19)10-5-4-6-10/h10H,4-9H2,1-3H3,(H,16,19). The van der Waals surface area contributed by atoms with Crippen LogP contribution in [0.25, 0.3) is 0 Å². The number of carbonyl (C=O) groups excluding carboxylic acids is 1. The van der Waals surface area contributed by atoms with Crippen LogP contribution < -0.4 is 5.56 Å². The molecule has 1 saturated carbocycles. The van der Waals surface area contributed by atoms with Gasteiger partial charge in [-0.05, 0) is 46.5 Å². The summed E-state index contributed by atoms with van der Waals surface area (Å²) < 4.78 is 7.41. The van der Waals surface area contributed by atoms with E-state index in [2.05, 4.69) is 5.10 Å². The molecule has 0 saturated heterocycles. The molecule has 1 aliphatic heterocycles. The Morgan fingerprint density at radius 2 is 2.05 bits per heavy atom. The van der Waals surface area contributed by atoms with Gasteiger partial charge in [0.05, 0.1) is 18.3 Å². The maximum atomic E-state index is 12.2. The van der Waals surface area contributed by atoms with Crippen LogP contribution in [0.4, 0.5) is 4.79 Å². The summed E-state index contributed by atoms with van der Waals surface area (Å²) in [5.41, 5.74) is 1.30. The van der Waals surface area contributed by atoms with Crippen LogP contribution in [-0.4, -0.2) is 32.9 Å². The molecule has 0 radical (unpaired) electrons. The van der Waals surface area contributed by atoms with Crippen molar-refractivity contribution < 1.29 is 9.53 Å². The summed E-state index contributed by atoms with van der Waals surface area (Å²) in [7, 11) is 0. The number of fused-ring (bicyclic) bond motifs is 1. The Morgan fingerprint density at radius 1 is 1.33 bits per heavy atom. The number of amides is 1. The average molecular weight is 293 g/mol. The molecular formula is C15H23N3O3. The van der Waals surface area contributed by atoms with Crippen LogP contribution in [0.15, 0.2) is 4.79 Å². The van der Waals surface area contributed by atoms with Gasteiger partial charge in [-0.25, -0.2) is 4.79 Å². The molecule has 2 aliphatic rings. The second-order valence-electron chi connectivity index (χ2n) is 6.97. The summed E-state index contributed by atoms with van der Waals surface area (Å²) in [6, 6.07) is 0.389. The summed E-state index contributed by atoms with van der Waals surface area (Å²) >= 11 is 0. The quantitative estimate of drug-likeness (QED) is 0.863. The third kappa shape index (κ3) is 2.71. The van der Waals surface area contributed by atoms with Crippen molar-refractivity contribution in [2.45, 2.75) is 64.6 Å². The van der Waals surface area contributed by atoms with E-state index in [0.29, 0.717) is 25.6 Å². The SMILES string of the molecule is CC(C)(C)OC(=O)N1CCc2c(n(C3CCC3)[nH]c2=O)C1. The number of aromatic nitrogens is 2. The van der Waals surface area contributed by atoms with E-state index in [9.17, 15) is 9.59 Å². The van der Waals surface area contributed by atoms with E-state index in [4.69, 9.17) is 4.74 Å². The Hall–Kier alpha value is -1.72. The van der Waals surface area contributed by atoms with Gasteiger partial charge < -0.3 is 9.64 Å². The van der Waals surface area contributed by atoms with Crippen molar-refractivity contribution in [2.75, 3.05) is 6.54 Å². The Bertz CT molecular complexity index is 605. The average Bonchev–Trinajstić information content (AvgIpc) is 2.62. The molecule has 0 atom stereocenters. The summed E-state index contributed by atoms with van der Waals surface area (Å²) in [6.07, 6.45) is 3.70. The van der Waals surface area contributed by atoms with Crippen LogP contribution in [0, 0.1) is 0 Å². The van der Waals surface area contributed by atoms with Crippen molar-refractivity contribution in [2.24, 2.45) is 0 Å². The van der Waals surface area contributed by atoms with Crippen molar-refractivity contribution in [1.29, 1.82) is 0 Å². The molecule has 116 valence electrons. The van der Waals surface area contributed by atoms with E-state index in [1.165, 1.54) is 6.42 Å². The van der Waals surface area contributed by atoms with Crippen molar-refractivity contribution in [1.82, 2.24) is 14.7 Å². The van der Waals surface area contributed by atoms with Crippen LogP contribution in [-0.2, 0) is 17.7 Å². The first kappa shape index (κ1) is 14.2. The van der Waals surface area contributed by atoms with Gasteiger partial charge in [-0.3, -0.25) is 14.6 Å². The maximum Gasteiger partial charge on any atom is 0.410 e. The Labute approximate surface area is 124 Å². The van der Waals surface area contributed by atoms with Crippen LogP contribution in [0.3, 0.4) is 0 Å². The number of hydrogen-bond donors (Lipinski definition) is 1. The lowest BCUT2D eigenvalue weighted by Gasteiger charge is -2.33. The monoisotopic (exact) mass is 293 g/mol. The van der Waals surface area contributed by atoms with Gasteiger partial charge in [0.25, 0.3) is 5.56 Å². The minimum Gasteiger partial charge on any atom is -0.444 e. The van der Waals surface area contributed by atoms with E-state index in [1.54, 1.807) is 4.90 Å². The summed E-state index contributed by atoms with van der Waals surface area (Å²) in [5, 5.41) is 2.95. The molecule has 1 aliphatic carbocycles. The smallest absolute Gasteiger partial charge is 0.410 e. The third-order valence-electron chi connectivity index (χ3n) is 4.20. The molecule has 1 fully saturated rings. The Balaban J connectivity index is 1.81. The largest absolute Gasteiger partial charge is 0.444 e. The number of ether oxygens (including phenoxy) is 1. The molecule has 0 bridgehead atoms. The molecule has 21 heavy (non-hydrogen) atoms. The minimum absolute atomic E-state index is 0.000684. The first-order valence-electron chi connectivity index (χ1n) is 7.65. The van der Waals surface area contributed by atoms with Crippen molar-refractivity contribution in [3.8, 4) is 0 Å². The summed E-state index contributed by atoms with van der Waals surface area (Å²) in [4.78, 5) is 25.9. The van der Waals surface area contributed by atoms with Crippen molar-refractivity contribution in [3.63, 3.8) is 0 Å². The Kier molecular flexibility index (Phi) is 3.34. The molecule has 6 heteroatoms. The zero-order valence-corrected chi connectivity index (χ0v) is 12.9. The molecule has 1 N–H and O–H groups in total. The van der Waals surface area contributed by atoms with Gasteiger partial charge in [-0.2, -0.15) is 0 Å².